The van der Waals surface area contributed by atoms with Crippen molar-refractivity contribution in [1.29, 1.82) is 0 Å². The number of carbonyl (C=O) groups is 2. The minimum atomic E-state index is -1.08. The molecule has 0 aliphatic carbocycles. The van der Waals surface area contributed by atoms with Crippen molar-refractivity contribution >= 4 is 12.1 Å². The fraction of sp³-hybridized carbons (Fsp3) is 0.833. The van der Waals surface area contributed by atoms with Gasteiger partial charge in [-0.1, -0.05) is 0 Å². The Morgan fingerprint density at radius 1 is 1.32 bits per heavy atom. The van der Waals surface area contributed by atoms with Crippen LogP contribution >= 0.6 is 0 Å². The molecule has 0 aromatic heterocycles. The Hall–Kier alpha value is -1.34. The van der Waals surface area contributed by atoms with Gasteiger partial charge in [0.1, 0.15) is 11.7 Å². The molecule has 2 heterocycles. The highest BCUT2D eigenvalue weighted by molar-refractivity contribution is 5.75. The van der Waals surface area contributed by atoms with Gasteiger partial charge in [0.2, 0.25) is 0 Å². The van der Waals surface area contributed by atoms with Crippen LogP contribution < -0.4 is 0 Å². The molecular weight excluding hydrogens is 254 g/mol. The summed E-state index contributed by atoms with van der Waals surface area (Å²) in [4.78, 5) is 24.6. The lowest BCUT2D eigenvalue weighted by Gasteiger charge is -2.39. The molecule has 0 spiro atoms. The number of carboxylic acids is 1. The highest BCUT2D eigenvalue weighted by Gasteiger charge is 2.46. The summed E-state index contributed by atoms with van der Waals surface area (Å²) >= 11 is 0. The van der Waals surface area contributed by atoms with Gasteiger partial charge >= 0.3 is 12.1 Å². The Morgan fingerprint density at radius 3 is 2.58 bits per heavy atom. The third-order valence-corrected chi connectivity index (χ3v) is 3.01. The van der Waals surface area contributed by atoms with Gasteiger partial charge in [-0.2, -0.15) is 0 Å². The lowest BCUT2D eigenvalue weighted by molar-refractivity contribution is -0.165. The Kier molecular flexibility index (Phi) is 3.69. The number of nitrogens with zero attached hydrogens (tertiary/aromatic N) is 1. The van der Waals surface area contributed by atoms with Gasteiger partial charge < -0.3 is 19.3 Å². The van der Waals surface area contributed by atoms with Gasteiger partial charge in [0.05, 0.1) is 25.8 Å². The predicted molar refractivity (Wildman–Crippen MR) is 63.8 cm³/mol. The summed E-state index contributed by atoms with van der Waals surface area (Å²) in [6.45, 7) is 5.92. The van der Waals surface area contributed by atoms with Crippen molar-refractivity contribution in [3.63, 3.8) is 0 Å². The van der Waals surface area contributed by atoms with E-state index in [4.69, 9.17) is 19.3 Å². The van der Waals surface area contributed by atoms with Gasteiger partial charge in [-0.15, -0.1) is 0 Å². The second-order valence-electron chi connectivity index (χ2n) is 5.74. The van der Waals surface area contributed by atoms with Crippen molar-refractivity contribution in [3.8, 4) is 0 Å². The molecule has 0 aromatic rings. The van der Waals surface area contributed by atoms with Crippen LogP contribution in [0.4, 0.5) is 4.79 Å². The summed E-state index contributed by atoms with van der Waals surface area (Å²) in [6, 6.07) is -0.273. The van der Waals surface area contributed by atoms with E-state index in [1.165, 1.54) is 4.90 Å². The Morgan fingerprint density at radius 2 is 2.00 bits per heavy atom. The second kappa shape index (κ2) is 4.97. The molecule has 2 rings (SSSR count). The fourth-order valence-corrected chi connectivity index (χ4v) is 2.18. The molecule has 0 bridgehead atoms. The molecule has 0 saturated carbocycles. The Labute approximate surface area is 111 Å². The normalized spacial score (nSPS) is 30.9. The van der Waals surface area contributed by atoms with Gasteiger partial charge in [0.15, 0.2) is 6.10 Å². The van der Waals surface area contributed by atoms with Crippen LogP contribution in [0.15, 0.2) is 0 Å². The first-order valence-corrected chi connectivity index (χ1v) is 6.23. The summed E-state index contributed by atoms with van der Waals surface area (Å²) in [5.74, 6) is -1.08. The number of hydrogen-bond donors (Lipinski definition) is 1. The van der Waals surface area contributed by atoms with Crippen LogP contribution in [-0.2, 0) is 19.0 Å². The highest BCUT2D eigenvalue weighted by atomic mass is 16.6. The van der Waals surface area contributed by atoms with Gasteiger partial charge in [0, 0.05) is 0 Å². The maximum absolute atomic E-state index is 12.1. The van der Waals surface area contributed by atoms with Gasteiger partial charge in [-0.25, -0.2) is 9.59 Å². The first-order chi connectivity index (χ1) is 8.78. The number of morpholine rings is 1. The molecule has 1 amide bonds. The van der Waals surface area contributed by atoms with Crippen molar-refractivity contribution < 1.29 is 28.9 Å². The van der Waals surface area contributed by atoms with Crippen LogP contribution in [0, 0.1) is 0 Å². The molecule has 7 nitrogen and oxygen atoms in total. The average Bonchev–Trinajstić information content (AvgIpc) is 2.72. The summed E-state index contributed by atoms with van der Waals surface area (Å²) in [5, 5.41) is 9.05. The predicted octanol–water partition coefficient (Wildman–Crippen LogP) is 0.474. The summed E-state index contributed by atoms with van der Waals surface area (Å²) in [7, 11) is 0. The summed E-state index contributed by atoms with van der Waals surface area (Å²) < 4.78 is 16.0. The summed E-state index contributed by atoms with van der Waals surface area (Å²) in [6.07, 6.45) is -1.96. The molecule has 2 aliphatic heterocycles. The average molecular weight is 273 g/mol. The lowest BCUT2D eigenvalue weighted by atomic mass is 10.1. The molecule has 1 N–H and O–H groups in total. The van der Waals surface area contributed by atoms with Crippen LogP contribution in [0.25, 0.3) is 0 Å². The van der Waals surface area contributed by atoms with Gasteiger partial charge in [-0.05, 0) is 20.8 Å². The Balaban J connectivity index is 2.11. The summed E-state index contributed by atoms with van der Waals surface area (Å²) in [5.41, 5.74) is -0.622. The number of rotatable bonds is 1. The van der Waals surface area contributed by atoms with E-state index >= 15 is 0 Å². The van der Waals surface area contributed by atoms with E-state index < -0.39 is 29.9 Å². The van der Waals surface area contributed by atoms with Crippen molar-refractivity contribution in [2.75, 3.05) is 19.8 Å². The number of hydrogen-bond acceptors (Lipinski definition) is 5. The fourth-order valence-electron chi connectivity index (χ4n) is 2.18. The van der Waals surface area contributed by atoms with E-state index in [2.05, 4.69) is 0 Å². The van der Waals surface area contributed by atoms with Crippen LogP contribution in [0.3, 0.4) is 0 Å². The number of carbonyl (C=O) groups excluding carboxylic acids is 1. The van der Waals surface area contributed by atoms with E-state index in [-0.39, 0.29) is 12.6 Å². The molecule has 7 heteroatoms. The highest BCUT2D eigenvalue weighted by Crippen LogP contribution is 2.25. The standard InChI is InChI=1S/C12H19NO6/c1-12(2,3)19-11(16)13-4-8(10(14)15)18-9-6-17-5-7(9)13/h7-9H,4-6H2,1-3H3,(H,14,15)/t7-,8?,9-/m1/s1. The van der Waals surface area contributed by atoms with E-state index in [9.17, 15) is 9.59 Å². The topological polar surface area (TPSA) is 85.3 Å². The zero-order chi connectivity index (χ0) is 14.2. The molecule has 2 saturated heterocycles. The molecule has 0 aromatic carbocycles. The lowest BCUT2D eigenvalue weighted by Crippen LogP contribution is -2.59. The Bertz CT molecular complexity index is 377. The van der Waals surface area contributed by atoms with E-state index in [0.29, 0.717) is 13.2 Å². The largest absolute Gasteiger partial charge is 0.479 e. The van der Waals surface area contributed by atoms with Crippen molar-refractivity contribution in [2.24, 2.45) is 0 Å². The van der Waals surface area contributed by atoms with Crippen molar-refractivity contribution in [3.05, 3.63) is 0 Å². The molecule has 0 radical (unpaired) electrons. The number of fused-ring (bicyclic) bond motifs is 1. The van der Waals surface area contributed by atoms with E-state index in [1.807, 2.05) is 0 Å². The monoisotopic (exact) mass is 273 g/mol. The molecule has 108 valence electrons. The van der Waals surface area contributed by atoms with Crippen LogP contribution in [0.5, 0.6) is 0 Å². The molecule has 2 fully saturated rings. The smallest absolute Gasteiger partial charge is 0.410 e. The maximum atomic E-state index is 12.1. The third kappa shape index (κ3) is 3.16. The molecule has 3 atom stereocenters. The van der Waals surface area contributed by atoms with Crippen molar-refractivity contribution in [2.45, 2.75) is 44.6 Å². The zero-order valence-electron chi connectivity index (χ0n) is 11.3. The van der Waals surface area contributed by atoms with Crippen LogP contribution in [0.1, 0.15) is 20.8 Å². The molecule has 2 aliphatic rings. The quantitative estimate of drug-likeness (QED) is 0.747. The number of aliphatic carboxylic acids is 1. The minimum absolute atomic E-state index is 0.0191. The molecule has 19 heavy (non-hydrogen) atoms. The minimum Gasteiger partial charge on any atom is -0.479 e. The third-order valence-electron chi connectivity index (χ3n) is 3.01. The number of amides is 1. The van der Waals surface area contributed by atoms with Crippen LogP contribution in [-0.4, -0.2) is 65.7 Å². The maximum Gasteiger partial charge on any atom is 0.410 e. The zero-order valence-corrected chi connectivity index (χ0v) is 11.3. The first kappa shape index (κ1) is 14.1. The first-order valence-electron chi connectivity index (χ1n) is 6.23. The molecule has 1 unspecified atom stereocenters. The van der Waals surface area contributed by atoms with Gasteiger partial charge in [0.25, 0.3) is 0 Å². The van der Waals surface area contributed by atoms with E-state index in [1.54, 1.807) is 20.8 Å². The number of ether oxygens (including phenoxy) is 3. The van der Waals surface area contributed by atoms with Gasteiger partial charge in [-0.3, -0.25) is 4.90 Å². The second-order valence-corrected chi connectivity index (χ2v) is 5.74. The van der Waals surface area contributed by atoms with E-state index in [0.717, 1.165) is 0 Å². The molecular formula is C12H19NO6. The number of carboxylic acid groups (broad SMARTS) is 1. The SMILES string of the molecule is CC(C)(C)OC(=O)N1CC(C(=O)O)O[C@@H]2COC[C@H]21. The van der Waals surface area contributed by atoms with Crippen LogP contribution in [0.2, 0.25) is 0 Å². The van der Waals surface area contributed by atoms with Crippen molar-refractivity contribution in [1.82, 2.24) is 4.90 Å².